The molecule has 0 unspecified atom stereocenters. The summed E-state index contributed by atoms with van der Waals surface area (Å²) in [5.74, 6) is 1.28. The molecule has 1 saturated heterocycles. The molecule has 0 radical (unpaired) electrons. The molecule has 1 atom stereocenters. The topological polar surface area (TPSA) is 64.8 Å². The quantitative estimate of drug-likeness (QED) is 0.490. The smallest absolute Gasteiger partial charge is 0.266 e. The first-order valence-corrected chi connectivity index (χ1v) is 10.8. The molecule has 1 N–H and O–H groups in total. The number of amides is 1. The molecule has 2 aromatic rings. The summed E-state index contributed by atoms with van der Waals surface area (Å²) in [4.78, 5) is 21.5. The van der Waals surface area contributed by atoms with Crippen LogP contribution in [0.15, 0.2) is 53.7 Å². The number of hydrogen-bond donors (Lipinski definition) is 1. The minimum Gasteiger partial charge on any atom is -0.493 e. The van der Waals surface area contributed by atoms with E-state index in [0.29, 0.717) is 18.1 Å². The molecule has 7 heteroatoms. The van der Waals surface area contributed by atoms with Gasteiger partial charge in [-0.1, -0.05) is 35.5 Å². The molecule has 0 saturated carbocycles. The summed E-state index contributed by atoms with van der Waals surface area (Å²) in [5, 5.41) is 4.01. The zero-order valence-corrected chi connectivity index (χ0v) is 18.5. The second-order valence-electron chi connectivity index (χ2n) is 7.56. The van der Waals surface area contributed by atoms with Crippen LogP contribution in [0.3, 0.4) is 0 Å². The minimum absolute atomic E-state index is 0.0276. The number of ether oxygens (including phenoxy) is 2. The van der Waals surface area contributed by atoms with E-state index in [0.717, 1.165) is 38.3 Å². The number of hydrogen-bond acceptors (Lipinski definition) is 5. The van der Waals surface area contributed by atoms with Crippen LogP contribution in [0.1, 0.15) is 25.0 Å². The Kier molecular flexibility index (Phi) is 8.29. The van der Waals surface area contributed by atoms with E-state index >= 15 is 0 Å². The van der Waals surface area contributed by atoms with Crippen molar-refractivity contribution in [1.29, 1.82) is 0 Å². The van der Waals surface area contributed by atoms with Crippen LogP contribution >= 0.6 is 0 Å². The number of carbonyl (C=O) groups excluding carboxylic acids is 1. The number of rotatable bonds is 9. The zero-order valence-electron chi connectivity index (χ0n) is 18.5. The Morgan fingerprint density at radius 1 is 1.16 bits per heavy atom. The van der Waals surface area contributed by atoms with Crippen LogP contribution in [0.5, 0.6) is 11.5 Å². The molecule has 1 aliphatic rings. The number of nitrogens with one attached hydrogen (secondary N) is 1. The third-order valence-corrected chi connectivity index (χ3v) is 5.34. The second-order valence-corrected chi connectivity index (χ2v) is 7.56. The van der Waals surface area contributed by atoms with Crippen LogP contribution in [-0.4, -0.2) is 63.0 Å². The summed E-state index contributed by atoms with van der Waals surface area (Å²) in [6, 6.07) is 16.0. The summed E-state index contributed by atoms with van der Waals surface area (Å²) in [5.41, 5.74) is 2.13. The van der Waals surface area contributed by atoms with E-state index in [4.69, 9.17) is 14.3 Å². The molecule has 0 aromatic heterocycles. The first kappa shape index (κ1) is 22.6. The van der Waals surface area contributed by atoms with Crippen molar-refractivity contribution in [1.82, 2.24) is 4.90 Å². The van der Waals surface area contributed by atoms with Crippen molar-refractivity contribution >= 4 is 12.1 Å². The Labute approximate surface area is 184 Å². The maximum absolute atomic E-state index is 12.7. The van der Waals surface area contributed by atoms with Crippen molar-refractivity contribution in [2.75, 3.05) is 39.9 Å². The first-order chi connectivity index (χ1) is 15.1. The molecule has 31 heavy (non-hydrogen) atoms. The Morgan fingerprint density at radius 2 is 1.90 bits per heavy atom. The van der Waals surface area contributed by atoms with Crippen molar-refractivity contribution in [2.24, 2.45) is 5.16 Å². The summed E-state index contributed by atoms with van der Waals surface area (Å²) in [6.07, 6.45) is 0.945. The van der Waals surface area contributed by atoms with Gasteiger partial charge in [0.1, 0.15) is 6.54 Å². The molecule has 1 aliphatic heterocycles. The minimum atomic E-state index is -0.628. The lowest BCUT2D eigenvalue weighted by molar-refractivity contribution is -0.917. The molecule has 0 spiro atoms. The fourth-order valence-corrected chi connectivity index (χ4v) is 3.63. The Balaban J connectivity index is 1.46. The van der Waals surface area contributed by atoms with E-state index in [9.17, 15) is 4.79 Å². The molecule has 166 valence electrons. The van der Waals surface area contributed by atoms with Crippen LogP contribution in [0.4, 0.5) is 0 Å². The number of carbonyl (C=O) groups is 1. The van der Waals surface area contributed by atoms with Gasteiger partial charge in [0.25, 0.3) is 5.91 Å². The third kappa shape index (κ3) is 6.46. The highest BCUT2D eigenvalue weighted by atomic mass is 16.6. The monoisotopic (exact) mass is 426 g/mol. The van der Waals surface area contributed by atoms with Gasteiger partial charge in [0.2, 0.25) is 6.10 Å². The van der Waals surface area contributed by atoms with Gasteiger partial charge in [-0.3, -0.25) is 4.79 Å². The summed E-state index contributed by atoms with van der Waals surface area (Å²) in [6.45, 7) is 8.54. The van der Waals surface area contributed by atoms with E-state index in [1.165, 1.54) is 10.5 Å². The van der Waals surface area contributed by atoms with E-state index in [1.807, 2.05) is 36.1 Å². The average Bonchev–Trinajstić information content (AvgIpc) is 2.80. The lowest BCUT2D eigenvalue weighted by atomic mass is 10.2. The van der Waals surface area contributed by atoms with E-state index in [1.54, 1.807) is 20.2 Å². The standard InChI is InChI=1S/C24H31N3O4/c1-4-30-22-11-10-21(16-23(22)29-3)17-25-31-19(2)24(28)27-14-12-26(13-15-27)18-20-8-6-5-7-9-20/h5-11,16-17,19H,4,12-15,18H2,1-3H3/p+1/b25-17-/t19-/m0/s1. The highest BCUT2D eigenvalue weighted by molar-refractivity contribution is 5.82. The SMILES string of the molecule is CCOc1ccc(/C=N\O[C@@H](C)C(=O)N2CC[NH+](Cc3ccccc3)CC2)cc1OC. The van der Waals surface area contributed by atoms with Crippen LogP contribution in [0.2, 0.25) is 0 Å². The first-order valence-electron chi connectivity index (χ1n) is 10.8. The molecular formula is C24H32N3O4+. The van der Waals surface area contributed by atoms with Gasteiger partial charge in [0.15, 0.2) is 11.5 Å². The normalized spacial score (nSPS) is 15.6. The molecule has 1 fully saturated rings. The number of quaternary nitrogens is 1. The van der Waals surface area contributed by atoms with Gasteiger partial charge in [0, 0.05) is 11.1 Å². The molecule has 3 rings (SSSR count). The molecular weight excluding hydrogens is 394 g/mol. The lowest BCUT2D eigenvalue weighted by Gasteiger charge is -2.33. The van der Waals surface area contributed by atoms with Gasteiger partial charge in [-0.05, 0) is 32.0 Å². The van der Waals surface area contributed by atoms with E-state index in [2.05, 4.69) is 29.4 Å². The predicted molar refractivity (Wildman–Crippen MR) is 120 cm³/mol. The van der Waals surface area contributed by atoms with Crippen molar-refractivity contribution < 1.29 is 24.0 Å². The van der Waals surface area contributed by atoms with E-state index < -0.39 is 6.10 Å². The molecule has 1 heterocycles. The predicted octanol–water partition coefficient (Wildman–Crippen LogP) is 1.76. The Bertz CT molecular complexity index is 864. The fraction of sp³-hybridized carbons (Fsp3) is 0.417. The van der Waals surface area contributed by atoms with Gasteiger partial charge in [-0.25, -0.2) is 0 Å². The van der Waals surface area contributed by atoms with Crippen molar-refractivity contribution in [3.05, 3.63) is 59.7 Å². The zero-order chi connectivity index (χ0) is 22.1. The maximum Gasteiger partial charge on any atom is 0.266 e. The number of methoxy groups -OCH3 is 1. The number of oxime groups is 1. The largest absolute Gasteiger partial charge is 0.493 e. The van der Waals surface area contributed by atoms with Gasteiger partial charge in [-0.2, -0.15) is 0 Å². The molecule has 0 aliphatic carbocycles. The molecule has 1 amide bonds. The van der Waals surface area contributed by atoms with Crippen LogP contribution in [0.25, 0.3) is 0 Å². The summed E-state index contributed by atoms with van der Waals surface area (Å²) < 4.78 is 10.9. The van der Waals surface area contributed by atoms with Crippen molar-refractivity contribution in [3.63, 3.8) is 0 Å². The van der Waals surface area contributed by atoms with Crippen LogP contribution in [-0.2, 0) is 16.2 Å². The summed E-state index contributed by atoms with van der Waals surface area (Å²) >= 11 is 0. The van der Waals surface area contributed by atoms with Crippen molar-refractivity contribution in [2.45, 2.75) is 26.5 Å². The van der Waals surface area contributed by atoms with Gasteiger partial charge < -0.3 is 24.1 Å². The van der Waals surface area contributed by atoms with Gasteiger partial charge in [0.05, 0.1) is 46.1 Å². The molecule has 7 nitrogen and oxygen atoms in total. The average molecular weight is 427 g/mol. The Hall–Kier alpha value is -3.06. The highest BCUT2D eigenvalue weighted by Crippen LogP contribution is 2.27. The van der Waals surface area contributed by atoms with Crippen molar-refractivity contribution in [3.8, 4) is 11.5 Å². The van der Waals surface area contributed by atoms with Crippen LogP contribution in [0, 0.1) is 0 Å². The lowest BCUT2D eigenvalue weighted by Crippen LogP contribution is -3.13. The second kappa shape index (κ2) is 11.4. The fourth-order valence-electron chi connectivity index (χ4n) is 3.63. The molecule has 2 aromatic carbocycles. The maximum atomic E-state index is 12.7. The third-order valence-electron chi connectivity index (χ3n) is 5.34. The Morgan fingerprint density at radius 3 is 2.58 bits per heavy atom. The summed E-state index contributed by atoms with van der Waals surface area (Å²) in [7, 11) is 1.59. The van der Waals surface area contributed by atoms with Gasteiger partial charge >= 0.3 is 0 Å². The van der Waals surface area contributed by atoms with Gasteiger partial charge in [-0.15, -0.1) is 0 Å². The highest BCUT2D eigenvalue weighted by Gasteiger charge is 2.27. The van der Waals surface area contributed by atoms with Crippen LogP contribution < -0.4 is 14.4 Å². The number of benzene rings is 2. The number of piperazine rings is 1. The molecule has 0 bridgehead atoms. The van der Waals surface area contributed by atoms with E-state index in [-0.39, 0.29) is 5.91 Å². The number of nitrogens with zero attached hydrogens (tertiary/aromatic N) is 2.